The maximum atomic E-state index is 11.3. The van der Waals surface area contributed by atoms with Gasteiger partial charge in [0.15, 0.2) is 5.13 Å². The lowest BCUT2D eigenvalue weighted by molar-refractivity contribution is 0.120. The lowest BCUT2D eigenvalue weighted by Gasteiger charge is -2.12. The molecule has 5 rings (SSSR count). The van der Waals surface area contributed by atoms with Crippen LogP contribution in [0.5, 0.6) is 5.75 Å². The highest BCUT2D eigenvalue weighted by atomic mass is 32.1. The van der Waals surface area contributed by atoms with E-state index >= 15 is 0 Å². The van der Waals surface area contributed by atoms with Gasteiger partial charge in [0.05, 0.1) is 29.0 Å². The molecule has 1 atom stereocenters. The van der Waals surface area contributed by atoms with Crippen molar-refractivity contribution in [1.29, 1.82) is 0 Å². The van der Waals surface area contributed by atoms with Crippen LogP contribution in [-0.2, 0) is 15.9 Å². The largest absolute Gasteiger partial charge is 0.410 e. The average molecular weight is 511 g/mol. The Balaban J connectivity index is 1.35. The third kappa shape index (κ3) is 6.10. The summed E-state index contributed by atoms with van der Waals surface area (Å²) in [4.78, 5) is 26.4. The maximum absolute atomic E-state index is 11.3. The quantitative estimate of drug-likeness (QED) is 0.342. The summed E-state index contributed by atoms with van der Waals surface area (Å²) in [5.74, 6) is 1.36. The summed E-state index contributed by atoms with van der Waals surface area (Å²) in [6.07, 6.45) is 6.22. The van der Waals surface area contributed by atoms with Crippen molar-refractivity contribution in [2.45, 2.75) is 44.1 Å². The fourth-order valence-corrected chi connectivity index (χ4v) is 5.21. The standard InChI is InChI=1S/C25H30N6O4S/c1-33-12-9-16-13-17(6-7-20(16)35-23(26)32)29-24-27-10-8-19(30-24)22-21(15-4-5-15)31-25(36-22)28-14-18-3-2-11-34-18/h6-8,10,13,15,18H,2-5,9,11-12,14H2,1H3,(H2,26,32)(H,28,31)(H,27,29,30). The average Bonchev–Trinajstić information content (AvgIpc) is 3.41. The van der Waals surface area contributed by atoms with Gasteiger partial charge in [-0.25, -0.2) is 19.7 Å². The summed E-state index contributed by atoms with van der Waals surface area (Å²) in [6.45, 7) is 2.09. The van der Waals surface area contributed by atoms with E-state index < -0.39 is 6.09 Å². The molecule has 2 fully saturated rings. The smallest absolute Gasteiger partial charge is 0.409 e. The molecule has 0 radical (unpaired) electrons. The molecule has 10 nitrogen and oxygen atoms in total. The van der Waals surface area contributed by atoms with E-state index in [1.807, 2.05) is 12.1 Å². The molecule has 36 heavy (non-hydrogen) atoms. The molecule has 0 bridgehead atoms. The number of nitrogens with zero attached hydrogens (tertiary/aromatic N) is 3. The molecule has 190 valence electrons. The van der Waals surface area contributed by atoms with Crippen molar-refractivity contribution in [2.24, 2.45) is 5.73 Å². The number of hydrogen-bond acceptors (Lipinski definition) is 10. The van der Waals surface area contributed by atoms with Crippen molar-refractivity contribution >= 4 is 34.2 Å². The number of rotatable bonds is 11. The predicted octanol–water partition coefficient (Wildman–Crippen LogP) is 4.46. The van der Waals surface area contributed by atoms with E-state index in [4.69, 9.17) is 29.9 Å². The van der Waals surface area contributed by atoms with Crippen LogP contribution in [0.2, 0.25) is 0 Å². The molecule has 1 aliphatic carbocycles. The molecule has 1 aromatic carbocycles. The molecule has 1 aliphatic heterocycles. The fourth-order valence-electron chi connectivity index (χ4n) is 4.18. The number of amides is 1. The summed E-state index contributed by atoms with van der Waals surface area (Å²) in [5, 5.41) is 7.63. The van der Waals surface area contributed by atoms with Crippen LogP contribution in [-0.4, -0.2) is 54.0 Å². The Kier molecular flexibility index (Phi) is 7.59. The Morgan fingerprint density at radius 2 is 2.14 bits per heavy atom. The highest BCUT2D eigenvalue weighted by Crippen LogP contribution is 2.47. The van der Waals surface area contributed by atoms with E-state index in [0.717, 1.165) is 71.5 Å². The first-order valence-corrected chi connectivity index (χ1v) is 13.0. The number of benzene rings is 1. The number of carbonyl (C=O) groups is 1. The molecule has 3 heterocycles. The number of primary amides is 1. The zero-order valence-electron chi connectivity index (χ0n) is 20.2. The van der Waals surface area contributed by atoms with E-state index in [9.17, 15) is 4.79 Å². The molecule has 1 amide bonds. The van der Waals surface area contributed by atoms with Crippen molar-refractivity contribution in [3.63, 3.8) is 0 Å². The Bertz CT molecular complexity index is 1210. The predicted molar refractivity (Wildman–Crippen MR) is 138 cm³/mol. The van der Waals surface area contributed by atoms with Crippen molar-refractivity contribution in [3.8, 4) is 16.3 Å². The lowest BCUT2D eigenvalue weighted by Crippen LogP contribution is -2.18. The third-order valence-electron chi connectivity index (χ3n) is 6.11. The molecule has 0 spiro atoms. The number of carbonyl (C=O) groups excluding carboxylic acids is 1. The SMILES string of the molecule is COCCc1cc(Nc2nccc(-c3sc(NCC4CCCO4)nc3C3CC3)n2)ccc1OC(N)=O. The Morgan fingerprint density at radius 1 is 1.25 bits per heavy atom. The summed E-state index contributed by atoms with van der Waals surface area (Å²) < 4.78 is 16.0. The second-order valence-electron chi connectivity index (χ2n) is 8.90. The molecule has 3 aromatic rings. The summed E-state index contributed by atoms with van der Waals surface area (Å²) in [7, 11) is 1.62. The van der Waals surface area contributed by atoms with Gasteiger partial charge in [-0.3, -0.25) is 0 Å². The fraction of sp³-hybridized carbons (Fsp3) is 0.440. The van der Waals surface area contributed by atoms with Crippen LogP contribution < -0.4 is 21.1 Å². The number of ether oxygens (including phenoxy) is 3. The minimum Gasteiger partial charge on any atom is -0.410 e. The van der Waals surface area contributed by atoms with Gasteiger partial charge in [0.1, 0.15) is 5.75 Å². The van der Waals surface area contributed by atoms with Crippen LogP contribution in [0.25, 0.3) is 10.6 Å². The van der Waals surface area contributed by atoms with Crippen LogP contribution in [0.15, 0.2) is 30.5 Å². The van der Waals surface area contributed by atoms with Gasteiger partial charge in [-0.05, 0) is 61.9 Å². The van der Waals surface area contributed by atoms with Crippen LogP contribution in [0.4, 0.5) is 21.6 Å². The second-order valence-corrected chi connectivity index (χ2v) is 9.90. The summed E-state index contributed by atoms with van der Waals surface area (Å²) in [6, 6.07) is 7.29. The molecule has 1 saturated heterocycles. The second kappa shape index (κ2) is 11.2. The molecular formula is C25H30N6O4S. The number of anilines is 3. The van der Waals surface area contributed by atoms with E-state index in [1.165, 1.54) is 0 Å². The van der Waals surface area contributed by atoms with Crippen molar-refractivity contribution < 1.29 is 19.0 Å². The zero-order valence-corrected chi connectivity index (χ0v) is 21.0. The number of methoxy groups -OCH3 is 1. The number of nitrogens with one attached hydrogen (secondary N) is 2. The lowest BCUT2D eigenvalue weighted by atomic mass is 10.1. The van der Waals surface area contributed by atoms with E-state index in [-0.39, 0.29) is 6.10 Å². The number of thiazole rings is 1. The molecule has 1 unspecified atom stereocenters. The molecule has 2 aromatic heterocycles. The first kappa shape index (κ1) is 24.4. The monoisotopic (exact) mass is 510 g/mol. The van der Waals surface area contributed by atoms with E-state index in [2.05, 4.69) is 15.6 Å². The highest BCUT2D eigenvalue weighted by molar-refractivity contribution is 7.19. The molecular weight excluding hydrogens is 480 g/mol. The van der Waals surface area contributed by atoms with Gasteiger partial charge in [0.25, 0.3) is 0 Å². The molecule has 11 heteroatoms. The topological polar surface area (TPSA) is 134 Å². The van der Waals surface area contributed by atoms with Gasteiger partial charge in [0.2, 0.25) is 5.95 Å². The number of aromatic nitrogens is 3. The van der Waals surface area contributed by atoms with Gasteiger partial charge in [0, 0.05) is 38.1 Å². The molecule has 1 saturated carbocycles. The zero-order chi connectivity index (χ0) is 24.9. The molecule has 2 aliphatic rings. The first-order chi connectivity index (χ1) is 17.6. The van der Waals surface area contributed by atoms with Gasteiger partial charge in [-0.2, -0.15) is 0 Å². The van der Waals surface area contributed by atoms with E-state index in [0.29, 0.717) is 30.6 Å². The third-order valence-corrected chi connectivity index (χ3v) is 7.16. The Hall–Kier alpha value is -3.28. The minimum absolute atomic E-state index is 0.255. The summed E-state index contributed by atoms with van der Waals surface area (Å²) >= 11 is 1.63. The normalized spacial score (nSPS) is 17.2. The Morgan fingerprint density at radius 3 is 2.89 bits per heavy atom. The summed E-state index contributed by atoms with van der Waals surface area (Å²) in [5.41, 5.74) is 8.70. The molecule has 4 N–H and O–H groups in total. The maximum Gasteiger partial charge on any atom is 0.409 e. The highest BCUT2D eigenvalue weighted by Gasteiger charge is 2.31. The van der Waals surface area contributed by atoms with Crippen molar-refractivity contribution in [3.05, 3.63) is 41.7 Å². The van der Waals surface area contributed by atoms with Crippen LogP contribution in [0.1, 0.15) is 42.9 Å². The van der Waals surface area contributed by atoms with Gasteiger partial charge in [-0.15, -0.1) is 0 Å². The first-order valence-electron chi connectivity index (χ1n) is 12.1. The Labute approximate surface area is 213 Å². The van der Waals surface area contributed by atoms with Gasteiger partial charge in [-0.1, -0.05) is 11.3 Å². The number of nitrogens with two attached hydrogens (primary N) is 1. The van der Waals surface area contributed by atoms with Crippen LogP contribution in [0, 0.1) is 0 Å². The van der Waals surface area contributed by atoms with Crippen LogP contribution >= 0.6 is 11.3 Å². The minimum atomic E-state index is -0.855. The number of hydrogen-bond donors (Lipinski definition) is 3. The van der Waals surface area contributed by atoms with Gasteiger partial charge >= 0.3 is 6.09 Å². The van der Waals surface area contributed by atoms with Gasteiger partial charge < -0.3 is 30.6 Å². The van der Waals surface area contributed by atoms with E-state index in [1.54, 1.807) is 36.8 Å². The van der Waals surface area contributed by atoms with Crippen LogP contribution in [0.3, 0.4) is 0 Å². The van der Waals surface area contributed by atoms with Crippen molar-refractivity contribution in [1.82, 2.24) is 15.0 Å². The van der Waals surface area contributed by atoms with Crippen molar-refractivity contribution in [2.75, 3.05) is 37.5 Å².